The van der Waals surface area contributed by atoms with E-state index >= 15 is 0 Å². The molecule has 3 unspecified atom stereocenters. The van der Waals surface area contributed by atoms with E-state index < -0.39 is 5.97 Å². The van der Waals surface area contributed by atoms with Crippen LogP contribution < -0.4 is 5.32 Å². The summed E-state index contributed by atoms with van der Waals surface area (Å²) in [6.07, 6.45) is -0.0418. The van der Waals surface area contributed by atoms with Gasteiger partial charge in [-0.2, -0.15) is 0 Å². The zero-order valence-electron chi connectivity index (χ0n) is 10.5. The van der Waals surface area contributed by atoms with E-state index in [0.29, 0.717) is 13.1 Å². The van der Waals surface area contributed by atoms with Crippen LogP contribution in [0.25, 0.3) is 0 Å². The molecule has 0 saturated carbocycles. The average molecular weight is 244 g/mol. The molecule has 0 aromatic carbocycles. The Kier molecular flexibility index (Phi) is 4.74. The molecule has 1 fully saturated rings. The van der Waals surface area contributed by atoms with Crippen molar-refractivity contribution in [2.24, 2.45) is 0 Å². The molecule has 0 aliphatic carbocycles. The predicted octanol–water partition coefficient (Wildman–Crippen LogP) is 0.668. The minimum Gasteiger partial charge on any atom is -0.481 e. The summed E-state index contributed by atoms with van der Waals surface area (Å²) in [6.45, 7) is 6.58. The fourth-order valence-electron chi connectivity index (χ4n) is 1.96. The summed E-state index contributed by atoms with van der Waals surface area (Å²) in [5.74, 6) is -0.915. The summed E-state index contributed by atoms with van der Waals surface area (Å²) >= 11 is 0. The van der Waals surface area contributed by atoms with E-state index in [9.17, 15) is 9.59 Å². The topological polar surface area (TPSA) is 78.9 Å². The lowest BCUT2D eigenvalue weighted by Gasteiger charge is -2.35. The van der Waals surface area contributed by atoms with E-state index in [0.717, 1.165) is 0 Å². The number of carbonyl (C=O) groups excluding carboxylic acids is 1. The maximum absolute atomic E-state index is 11.8. The van der Waals surface area contributed by atoms with Gasteiger partial charge in [-0.25, -0.2) is 4.79 Å². The van der Waals surface area contributed by atoms with Gasteiger partial charge in [-0.1, -0.05) is 0 Å². The van der Waals surface area contributed by atoms with Crippen LogP contribution in [0.4, 0.5) is 4.79 Å². The van der Waals surface area contributed by atoms with Crippen molar-refractivity contribution in [1.29, 1.82) is 0 Å². The van der Waals surface area contributed by atoms with Crippen LogP contribution in [0.5, 0.6) is 0 Å². The van der Waals surface area contributed by atoms with Crippen LogP contribution in [-0.4, -0.2) is 53.3 Å². The van der Waals surface area contributed by atoms with Crippen molar-refractivity contribution in [2.75, 3.05) is 13.1 Å². The SMILES string of the molecule is CC(CC(=O)O)NC(=O)N1CC(C)OC(C)C1. The molecule has 0 spiro atoms. The van der Waals surface area contributed by atoms with Crippen LogP contribution in [0.15, 0.2) is 0 Å². The summed E-state index contributed by atoms with van der Waals surface area (Å²) in [7, 11) is 0. The summed E-state index contributed by atoms with van der Waals surface area (Å²) in [5, 5.41) is 11.3. The van der Waals surface area contributed by atoms with Crippen LogP contribution in [0, 0.1) is 0 Å². The normalized spacial score (nSPS) is 26.4. The number of urea groups is 1. The first-order valence-electron chi connectivity index (χ1n) is 5.81. The highest BCUT2D eigenvalue weighted by Crippen LogP contribution is 2.10. The molecule has 0 aromatic rings. The number of rotatable bonds is 3. The molecule has 1 aliphatic heterocycles. The largest absolute Gasteiger partial charge is 0.481 e. The second kappa shape index (κ2) is 5.86. The molecule has 1 saturated heterocycles. The lowest BCUT2D eigenvalue weighted by atomic mass is 10.2. The van der Waals surface area contributed by atoms with Crippen molar-refractivity contribution >= 4 is 12.0 Å². The van der Waals surface area contributed by atoms with Gasteiger partial charge in [-0.15, -0.1) is 0 Å². The van der Waals surface area contributed by atoms with Crippen molar-refractivity contribution < 1.29 is 19.4 Å². The molecule has 17 heavy (non-hydrogen) atoms. The third-order valence-electron chi connectivity index (χ3n) is 2.56. The van der Waals surface area contributed by atoms with E-state index in [2.05, 4.69) is 5.32 Å². The fraction of sp³-hybridized carbons (Fsp3) is 0.818. The molecule has 2 amide bonds. The molecule has 1 heterocycles. The monoisotopic (exact) mass is 244 g/mol. The molecule has 0 bridgehead atoms. The Balaban J connectivity index is 2.43. The summed E-state index contributed by atoms with van der Waals surface area (Å²) in [5.41, 5.74) is 0. The maximum Gasteiger partial charge on any atom is 0.317 e. The standard InChI is InChI=1S/C11H20N2O4/c1-7(4-10(14)15)12-11(16)13-5-8(2)17-9(3)6-13/h7-9H,4-6H2,1-3H3,(H,12,16)(H,14,15). The average Bonchev–Trinajstić information content (AvgIpc) is 2.14. The van der Waals surface area contributed by atoms with Crippen molar-refractivity contribution in [3.05, 3.63) is 0 Å². The van der Waals surface area contributed by atoms with Crippen LogP contribution in [0.1, 0.15) is 27.2 Å². The van der Waals surface area contributed by atoms with E-state index in [1.807, 2.05) is 13.8 Å². The molecule has 1 aliphatic rings. The van der Waals surface area contributed by atoms with Gasteiger partial charge in [0.25, 0.3) is 0 Å². The minimum atomic E-state index is -0.915. The van der Waals surface area contributed by atoms with Crippen molar-refractivity contribution in [3.63, 3.8) is 0 Å². The highest BCUT2D eigenvalue weighted by molar-refractivity contribution is 5.76. The van der Waals surface area contributed by atoms with Gasteiger partial charge >= 0.3 is 12.0 Å². The Morgan fingerprint density at radius 2 is 1.94 bits per heavy atom. The first kappa shape index (κ1) is 13.8. The van der Waals surface area contributed by atoms with Crippen molar-refractivity contribution in [2.45, 2.75) is 45.4 Å². The Hall–Kier alpha value is -1.30. The Labute approximate surface area is 101 Å². The van der Waals surface area contributed by atoms with Gasteiger partial charge in [-0.3, -0.25) is 4.79 Å². The fourth-order valence-corrected chi connectivity index (χ4v) is 1.96. The quantitative estimate of drug-likeness (QED) is 0.764. The smallest absolute Gasteiger partial charge is 0.317 e. The highest BCUT2D eigenvalue weighted by atomic mass is 16.5. The van der Waals surface area contributed by atoms with Gasteiger partial charge in [0.1, 0.15) is 0 Å². The van der Waals surface area contributed by atoms with Crippen LogP contribution in [0.2, 0.25) is 0 Å². The zero-order valence-corrected chi connectivity index (χ0v) is 10.5. The number of carboxylic acids is 1. The zero-order chi connectivity index (χ0) is 13.0. The van der Waals surface area contributed by atoms with Gasteiger partial charge in [0.2, 0.25) is 0 Å². The second-order valence-electron chi connectivity index (χ2n) is 4.61. The third kappa shape index (κ3) is 4.60. The molecule has 1 rings (SSSR count). The number of ether oxygens (including phenoxy) is 1. The number of nitrogens with one attached hydrogen (secondary N) is 1. The lowest BCUT2D eigenvalue weighted by Crippen LogP contribution is -2.53. The molecule has 6 heteroatoms. The van der Waals surface area contributed by atoms with Gasteiger partial charge in [-0.05, 0) is 20.8 Å². The molecule has 0 radical (unpaired) electrons. The van der Waals surface area contributed by atoms with E-state index in [1.54, 1.807) is 11.8 Å². The van der Waals surface area contributed by atoms with E-state index in [4.69, 9.17) is 9.84 Å². The molecule has 6 nitrogen and oxygen atoms in total. The van der Waals surface area contributed by atoms with E-state index in [-0.39, 0.29) is 30.7 Å². The summed E-state index contributed by atoms with van der Waals surface area (Å²) in [4.78, 5) is 24.0. The number of carboxylic acid groups (broad SMARTS) is 1. The van der Waals surface area contributed by atoms with E-state index in [1.165, 1.54) is 0 Å². The number of morpholine rings is 1. The molecular weight excluding hydrogens is 224 g/mol. The molecule has 3 atom stereocenters. The summed E-state index contributed by atoms with van der Waals surface area (Å²) < 4.78 is 5.52. The van der Waals surface area contributed by atoms with Crippen LogP contribution >= 0.6 is 0 Å². The molecular formula is C11H20N2O4. The number of aliphatic carboxylic acids is 1. The van der Waals surface area contributed by atoms with Crippen LogP contribution in [0.3, 0.4) is 0 Å². The van der Waals surface area contributed by atoms with Gasteiger partial charge in [0, 0.05) is 19.1 Å². The van der Waals surface area contributed by atoms with Crippen molar-refractivity contribution in [3.8, 4) is 0 Å². The van der Waals surface area contributed by atoms with Gasteiger partial charge in [0.05, 0.1) is 18.6 Å². The van der Waals surface area contributed by atoms with Gasteiger partial charge in [0.15, 0.2) is 0 Å². The van der Waals surface area contributed by atoms with Gasteiger partial charge < -0.3 is 20.1 Å². The maximum atomic E-state index is 11.8. The third-order valence-corrected chi connectivity index (χ3v) is 2.56. The minimum absolute atomic E-state index is 0.0132. The van der Waals surface area contributed by atoms with Crippen LogP contribution in [-0.2, 0) is 9.53 Å². The second-order valence-corrected chi connectivity index (χ2v) is 4.61. The predicted molar refractivity (Wildman–Crippen MR) is 61.8 cm³/mol. The number of carbonyl (C=O) groups is 2. The first-order valence-corrected chi connectivity index (χ1v) is 5.81. The number of hydrogen-bond acceptors (Lipinski definition) is 3. The van der Waals surface area contributed by atoms with Crippen molar-refractivity contribution in [1.82, 2.24) is 10.2 Å². The Bertz CT molecular complexity index is 285. The molecule has 2 N–H and O–H groups in total. The Morgan fingerprint density at radius 3 is 2.41 bits per heavy atom. The molecule has 0 aromatic heterocycles. The number of amides is 2. The molecule has 98 valence electrons. The number of nitrogens with zero attached hydrogens (tertiary/aromatic N) is 1. The number of hydrogen-bond donors (Lipinski definition) is 2. The summed E-state index contributed by atoms with van der Waals surface area (Å²) in [6, 6.07) is -0.589. The Morgan fingerprint density at radius 1 is 1.41 bits per heavy atom. The lowest BCUT2D eigenvalue weighted by molar-refractivity contribution is -0.137. The first-order chi connectivity index (χ1) is 7.88. The highest BCUT2D eigenvalue weighted by Gasteiger charge is 2.26.